The molecule has 0 saturated heterocycles. The van der Waals surface area contributed by atoms with Crippen LogP contribution in [-0.4, -0.2) is 9.55 Å². The lowest BCUT2D eigenvalue weighted by Gasteiger charge is -2.09. The van der Waals surface area contributed by atoms with Gasteiger partial charge in [-0.05, 0) is 35.9 Å². The molecule has 2 aromatic carbocycles. The minimum atomic E-state index is -0.880. The molecule has 0 unspecified atom stereocenters. The van der Waals surface area contributed by atoms with E-state index >= 15 is 0 Å². The highest BCUT2D eigenvalue weighted by Gasteiger charge is 2.09. The zero-order valence-electron chi connectivity index (χ0n) is 11.1. The number of halogens is 2. The van der Waals surface area contributed by atoms with Crippen molar-refractivity contribution in [1.82, 2.24) is 9.55 Å². The molecule has 3 rings (SSSR count). The molecule has 5 heteroatoms. The van der Waals surface area contributed by atoms with Gasteiger partial charge in [0.25, 0.3) is 0 Å². The number of benzene rings is 2. The van der Waals surface area contributed by atoms with Crippen molar-refractivity contribution in [3.8, 4) is 11.4 Å². The predicted octanol–water partition coefficient (Wildman–Crippen LogP) is 3.46. The number of nitrogens with zero attached hydrogens (tertiary/aromatic N) is 2. The first-order chi connectivity index (χ1) is 10.1. The molecular weight excluding hydrogens is 272 g/mol. The lowest BCUT2D eigenvalue weighted by atomic mass is 10.2. The van der Waals surface area contributed by atoms with Gasteiger partial charge in [-0.2, -0.15) is 0 Å². The van der Waals surface area contributed by atoms with Crippen molar-refractivity contribution in [3.05, 3.63) is 72.1 Å². The molecule has 2 N–H and O–H groups in total. The van der Waals surface area contributed by atoms with Gasteiger partial charge in [0.15, 0.2) is 11.6 Å². The number of nitrogen functional groups attached to an aromatic ring is 1. The van der Waals surface area contributed by atoms with Gasteiger partial charge in [-0.1, -0.05) is 12.1 Å². The Morgan fingerprint density at radius 1 is 1.00 bits per heavy atom. The Hall–Kier alpha value is -2.69. The van der Waals surface area contributed by atoms with E-state index in [-0.39, 0.29) is 0 Å². The summed E-state index contributed by atoms with van der Waals surface area (Å²) in [6.45, 7) is 0.578. The van der Waals surface area contributed by atoms with Crippen LogP contribution in [0.25, 0.3) is 11.4 Å². The molecule has 0 fully saturated rings. The maximum Gasteiger partial charge on any atom is 0.159 e. The SMILES string of the molecule is Nc1ccc(Cn2ccnc2-c2ccc(F)c(F)c2)cc1. The highest BCUT2D eigenvalue weighted by molar-refractivity contribution is 5.55. The summed E-state index contributed by atoms with van der Waals surface area (Å²) in [7, 11) is 0. The van der Waals surface area contributed by atoms with Gasteiger partial charge in [0.1, 0.15) is 5.82 Å². The Morgan fingerprint density at radius 2 is 1.76 bits per heavy atom. The van der Waals surface area contributed by atoms with Crippen molar-refractivity contribution in [2.75, 3.05) is 5.73 Å². The van der Waals surface area contributed by atoms with Crippen molar-refractivity contribution in [3.63, 3.8) is 0 Å². The first-order valence-electron chi connectivity index (χ1n) is 6.44. The number of hydrogen-bond donors (Lipinski definition) is 1. The van der Waals surface area contributed by atoms with E-state index in [0.29, 0.717) is 23.6 Å². The number of imidazole rings is 1. The van der Waals surface area contributed by atoms with E-state index in [9.17, 15) is 8.78 Å². The van der Waals surface area contributed by atoms with Gasteiger partial charge in [-0.15, -0.1) is 0 Å². The molecule has 3 nitrogen and oxygen atoms in total. The Bertz CT molecular complexity index is 763. The quantitative estimate of drug-likeness (QED) is 0.749. The van der Waals surface area contributed by atoms with Gasteiger partial charge < -0.3 is 10.3 Å². The zero-order valence-corrected chi connectivity index (χ0v) is 11.1. The first kappa shape index (κ1) is 13.3. The van der Waals surface area contributed by atoms with Gasteiger partial charge in [0, 0.05) is 30.2 Å². The lowest BCUT2D eigenvalue weighted by Crippen LogP contribution is -2.01. The highest BCUT2D eigenvalue weighted by Crippen LogP contribution is 2.21. The summed E-state index contributed by atoms with van der Waals surface area (Å²) in [5, 5.41) is 0. The average Bonchev–Trinajstić information content (AvgIpc) is 2.92. The number of anilines is 1. The molecule has 1 aromatic heterocycles. The van der Waals surface area contributed by atoms with Crippen LogP contribution in [0.1, 0.15) is 5.56 Å². The van der Waals surface area contributed by atoms with Crippen molar-refractivity contribution in [2.45, 2.75) is 6.54 Å². The maximum absolute atomic E-state index is 13.3. The third-order valence-electron chi connectivity index (χ3n) is 3.23. The molecule has 0 amide bonds. The molecule has 0 spiro atoms. The second kappa shape index (κ2) is 5.36. The first-order valence-corrected chi connectivity index (χ1v) is 6.44. The van der Waals surface area contributed by atoms with Gasteiger partial charge in [-0.3, -0.25) is 0 Å². The Labute approximate surface area is 120 Å². The van der Waals surface area contributed by atoms with Crippen molar-refractivity contribution in [2.24, 2.45) is 0 Å². The number of nitrogens with two attached hydrogens (primary N) is 1. The highest BCUT2D eigenvalue weighted by atomic mass is 19.2. The van der Waals surface area contributed by atoms with Crippen LogP contribution in [0.15, 0.2) is 54.9 Å². The number of rotatable bonds is 3. The van der Waals surface area contributed by atoms with Crippen LogP contribution in [0.4, 0.5) is 14.5 Å². The normalized spacial score (nSPS) is 10.8. The Morgan fingerprint density at radius 3 is 2.48 bits per heavy atom. The molecular formula is C16H13F2N3. The third-order valence-corrected chi connectivity index (χ3v) is 3.23. The fourth-order valence-corrected chi connectivity index (χ4v) is 2.15. The van der Waals surface area contributed by atoms with Crippen LogP contribution in [0.2, 0.25) is 0 Å². The van der Waals surface area contributed by atoms with Crippen molar-refractivity contribution >= 4 is 5.69 Å². The summed E-state index contributed by atoms with van der Waals surface area (Å²) in [6, 6.07) is 11.3. The molecule has 0 aliphatic carbocycles. The second-order valence-electron chi connectivity index (χ2n) is 4.75. The molecule has 0 aliphatic heterocycles. The number of aromatic nitrogens is 2. The molecule has 106 valence electrons. The summed E-state index contributed by atoms with van der Waals surface area (Å²) in [5.74, 6) is -1.16. The van der Waals surface area contributed by atoms with Crippen LogP contribution < -0.4 is 5.73 Å². The topological polar surface area (TPSA) is 43.8 Å². The fourth-order valence-electron chi connectivity index (χ4n) is 2.15. The smallest absolute Gasteiger partial charge is 0.159 e. The standard InChI is InChI=1S/C16H13F2N3/c17-14-6-3-12(9-15(14)18)16-20-7-8-21(16)10-11-1-4-13(19)5-2-11/h1-9H,10,19H2. The summed E-state index contributed by atoms with van der Waals surface area (Å²) in [5.41, 5.74) is 7.94. The van der Waals surface area contributed by atoms with Crippen LogP contribution in [0, 0.1) is 11.6 Å². The molecule has 21 heavy (non-hydrogen) atoms. The maximum atomic E-state index is 13.3. The Balaban J connectivity index is 1.93. The second-order valence-corrected chi connectivity index (χ2v) is 4.75. The molecule has 0 bridgehead atoms. The van der Waals surface area contributed by atoms with E-state index in [1.54, 1.807) is 12.4 Å². The molecule has 1 heterocycles. The predicted molar refractivity (Wildman–Crippen MR) is 77.5 cm³/mol. The van der Waals surface area contributed by atoms with E-state index < -0.39 is 11.6 Å². The van der Waals surface area contributed by atoms with E-state index in [2.05, 4.69) is 4.98 Å². The largest absolute Gasteiger partial charge is 0.399 e. The van der Waals surface area contributed by atoms with Crippen molar-refractivity contribution in [1.29, 1.82) is 0 Å². The van der Waals surface area contributed by atoms with E-state index in [0.717, 1.165) is 17.7 Å². The summed E-state index contributed by atoms with van der Waals surface area (Å²) < 4.78 is 28.2. The van der Waals surface area contributed by atoms with Gasteiger partial charge in [0.05, 0.1) is 0 Å². The summed E-state index contributed by atoms with van der Waals surface area (Å²) in [6.07, 6.45) is 3.43. The zero-order chi connectivity index (χ0) is 14.8. The molecule has 0 atom stereocenters. The van der Waals surface area contributed by atoms with Crippen LogP contribution >= 0.6 is 0 Å². The third kappa shape index (κ3) is 2.76. The molecule has 0 saturated carbocycles. The van der Waals surface area contributed by atoms with Crippen LogP contribution in [0.3, 0.4) is 0 Å². The average molecular weight is 285 g/mol. The van der Waals surface area contributed by atoms with E-state index in [1.165, 1.54) is 6.07 Å². The minimum absolute atomic E-state index is 0.536. The molecule has 0 radical (unpaired) electrons. The monoisotopic (exact) mass is 285 g/mol. The van der Waals surface area contributed by atoms with Gasteiger partial charge in [-0.25, -0.2) is 13.8 Å². The van der Waals surface area contributed by atoms with Gasteiger partial charge in [0.2, 0.25) is 0 Å². The minimum Gasteiger partial charge on any atom is -0.399 e. The van der Waals surface area contributed by atoms with Gasteiger partial charge >= 0.3 is 0 Å². The van der Waals surface area contributed by atoms with Crippen LogP contribution in [-0.2, 0) is 6.54 Å². The summed E-state index contributed by atoms with van der Waals surface area (Å²) in [4.78, 5) is 4.22. The molecule has 0 aliphatic rings. The molecule has 3 aromatic rings. The number of hydrogen-bond acceptors (Lipinski definition) is 2. The summed E-state index contributed by atoms with van der Waals surface area (Å²) >= 11 is 0. The van der Waals surface area contributed by atoms with Crippen molar-refractivity contribution < 1.29 is 8.78 Å². The van der Waals surface area contributed by atoms with E-state index in [4.69, 9.17) is 5.73 Å². The van der Waals surface area contributed by atoms with Crippen LogP contribution in [0.5, 0.6) is 0 Å². The lowest BCUT2D eigenvalue weighted by molar-refractivity contribution is 0.509. The fraction of sp³-hybridized carbons (Fsp3) is 0.0625. The van der Waals surface area contributed by atoms with E-state index in [1.807, 2.05) is 28.8 Å². The Kier molecular flexibility index (Phi) is 3.39.